The molecule has 0 unspecified atom stereocenters. The van der Waals surface area contributed by atoms with Gasteiger partial charge in [-0.25, -0.2) is 0 Å². The fourth-order valence-corrected chi connectivity index (χ4v) is 1.16. The Morgan fingerprint density at radius 2 is 1.23 bits per heavy atom. The Morgan fingerprint density at radius 3 is 2.15 bits per heavy atom. The normalized spacial score (nSPS) is 28.9. The van der Waals surface area contributed by atoms with Gasteiger partial charge in [-0.1, -0.05) is 48.6 Å². The predicted octanol–water partition coefficient (Wildman–Crippen LogP) is 3.99. The quantitative estimate of drug-likeness (QED) is 0.519. The van der Waals surface area contributed by atoms with E-state index in [1.54, 1.807) is 0 Å². The molecule has 0 aromatic heterocycles. The first-order chi connectivity index (χ1) is 6.50. The Balaban J connectivity index is 2.38. The topological polar surface area (TPSA) is 0 Å². The second kappa shape index (κ2) is 7.60. The molecule has 1 aliphatic carbocycles. The van der Waals surface area contributed by atoms with Crippen molar-refractivity contribution in [2.24, 2.45) is 0 Å². The number of hydrogen-bond acceptors (Lipinski definition) is 0. The molecular weight excluding hydrogens is 156 g/mol. The molecule has 0 aromatic rings. The maximum Gasteiger partial charge on any atom is 0.00442 e. The zero-order valence-corrected chi connectivity index (χ0v) is 8.02. The Kier molecular flexibility index (Phi) is 5.87. The molecule has 13 heavy (non-hydrogen) atoms. The summed E-state index contributed by atoms with van der Waals surface area (Å²) < 4.78 is 0. The highest BCUT2D eigenvalue weighted by atomic mass is 13.9. The van der Waals surface area contributed by atoms with Gasteiger partial charge < -0.3 is 0 Å². The molecule has 0 aromatic carbocycles. The van der Waals surface area contributed by atoms with Gasteiger partial charge in [0.25, 0.3) is 0 Å². The van der Waals surface area contributed by atoms with Gasteiger partial charge in [-0.05, 0) is 25.7 Å². The van der Waals surface area contributed by atoms with Crippen molar-refractivity contribution in [3.05, 3.63) is 55.0 Å². The minimum absolute atomic E-state index is 1.02. The molecule has 0 N–H and O–H groups in total. The van der Waals surface area contributed by atoms with Gasteiger partial charge >= 0.3 is 0 Å². The van der Waals surface area contributed by atoms with Crippen molar-refractivity contribution < 1.29 is 0 Å². The van der Waals surface area contributed by atoms with Crippen molar-refractivity contribution in [1.29, 1.82) is 0 Å². The molecule has 0 spiro atoms. The molecule has 1 rings (SSSR count). The number of hydrogen-bond donors (Lipinski definition) is 0. The lowest BCUT2D eigenvalue weighted by molar-refractivity contribution is 0.868. The fourth-order valence-electron chi connectivity index (χ4n) is 1.16. The maximum absolute atomic E-state index is 2.23. The summed E-state index contributed by atoms with van der Waals surface area (Å²) in [6.07, 6.45) is 24.0. The van der Waals surface area contributed by atoms with E-state index in [4.69, 9.17) is 0 Å². The first-order valence-corrected chi connectivity index (χ1v) is 4.97. The van der Waals surface area contributed by atoms with Crippen LogP contribution < -0.4 is 0 Å². The highest BCUT2D eigenvalue weighted by Gasteiger charge is 1.80. The minimum atomic E-state index is 1.02. The van der Waals surface area contributed by atoms with Crippen molar-refractivity contribution in [3.8, 4) is 0 Å². The summed E-state index contributed by atoms with van der Waals surface area (Å²) in [5.41, 5.74) is 0. The van der Waals surface area contributed by atoms with Gasteiger partial charge in [0, 0.05) is 6.42 Å². The molecule has 1 aliphatic rings. The van der Waals surface area contributed by atoms with Gasteiger partial charge in [0.2, 0.25) is 0 Å². The zero-order valence-electron chi connectivity index (χ0n) is 8.02. The lowest BCUT2D eigenvalue weighted by atomic mass is 10.2. The highest BCUT2D eigenvalue weighted by molar-refractivity contribution is 5.11. The molecule has 1 radical (unpaired) electrons. The Hall–Kier alpha value is -1.04. The van der Waals surface area contributed by atoms with E-state index in [9.17, 15) is 0 Å². The van der Waals surface area contributed by atoms with Crippen LogP contribution in [0, 0.1) is 6.42 Å². The maximum atomic E-state index is 2.23. The summed E-state index contributed by atoms with van der Waals surface area (Å²) >= 11 is 0. The van der Waals surface area contributed by atoms with Crippen LogP contribution in [0.25, 0.3) is 0 Å². The molecular formula is C13H17. The van der Waals surface area contributed by atoms with E-state index in [1.165, 1.54) is 19.3 Å². The molecule has 0 aliphatic heterocycles. The van der Waals surface area contributed by atoms with Crippen LogP contribution in [0.5, 0.6) is 0 Å². The van der Waals surface area contributed by atoms with Gasteiger partial charge in [-0.2, -0.15) is 0 Å². The molecule has 0 bridgehead atoms. The highest BCUT2D eigenvalue weighted by Crippen LogP contribution is 2.00. The van der Waals surface area contributed by atoms with Crippen LogP contribution in [-0.4, -0.2) is 0 Å². The molecule has 0 heteroatoms. The van der Waals surface area contributed by atoms with Crippen molar-refractivity contribution in [2.45, 2.75) is 25.7 Å². The molecule has 0 amide bonds. The van der Waals surface area contributed by atoms with Crippen molar-refractivity contribution in [2.75, 3.05) is 0 Å². The monoisotopic (exact) mass is 173 g/mol. The van der Waals surface area contributed by atoms with E-state index < -0.39 is 0 Å². The van der Waals surface area contributed by atoms with E-state index in [-0.39, 0.29) is 0 Å². The van der Waals surface area contributed by atoms with Gasteiger partial charge in [-0.3, -0.25) is 0 Å². The predicted molar refractivity (Wildman–Crippen MR) is 59.3 cm³/mol. The summed E-state index contributed by atoms with van der Waals surface area (Å²) in [6.45, 7) is 0. The van der Waals surface area contributed by atoms with Gasteiger partial charge in [0.15, 0.2) is 0 Å². The van der Waals surface area contributed by atoms with Crippen molar-refractivity contribution in [3.63, 3.8) is 0 Å². The van der Waals surface area contributed by atoms with E-state index in [0.717, 1.165) is 6.42 Å². The van der Waals surface area contributed by atoms with Crippen LogP contribution in [0.3, 0.4) is 0 Å². The summed E-state index contributed by atoms with van der Waals surface area (Å²) in [5, 5.41) is 0. The van der Waals surface area contributed by atoms with E-state index in [0.29, 0.717) is 0 Å². The van der Waals surface area contributed by atoms with Crippen molar-refractivity contribution in [1.82, 2.24) is 0 Å². The molecule has 0 nitrogen and oxygen atoms in total. The summed E-state index contributed by atoms with van der Waals surface area (Å²) in [6, 6.07) is 0. The summed E-state index contributed by atoms with van der Waals surface area (Å²) in [4.78, 5) is 0. The summed E-state index contributed by atoms with van der Waals surface area (Å²) in [7, 11) is 0. The average molecular weight is 173 g/mol. The van der Waals surface area contributed by atoms with E-state index in [2.05, 4.69) is 55.0 Å². The molecule has 69 valence electrons. The van der Waals surface area contributed by atoms with Gasteiger partial charge in [0.05, 0.1) is 0 Å². The molecule has 0 fully saturated rings. The van der Waals surface area contributed by atoms with Gasteiger partial charge in [-0.15, -0.1) is 0 Å². The standard InChI is InChI=1S/C13H17/c1-2-4-6-8-10-12-13-11-9-7-5-3-1/h1-5,8,10,12-13H,6-7,9,11H2/b4-2+,5-3+,10-8-,13-12+. The first kappa shape index (κ1) is 10.0. The van der Waals surface area contributed by atoms with E-state index >= 15 is 0 Å². The second-order valence-electron chi connectivity index (χ2n) is 3.07. The smallest absolute Gasteiger partial charge is 0.00442 e. The second-order valence-corrected chi connectivity index (χ2v) is 3.07. The third-order valence-corrected chi connectivity index (χ3v) is 1.89. The van der Waals surface area contributed by atoms with Crippen LogP contribution in [0.2, 0.25) is 0 Å². The first-order valence-electron chi connectivity index (χ1n) is 4.97. The number of allylic oxidation sites excluding steroid dienone is 8. The average Bonchev–Trinajstić information content (AvgIpc) is 2.18. The molecule has 0 saturated heterocycles. The SMILES string of the molecule is [CH]1/C=C/C/C=C\C=C\CCC/C=C/1. The zero-order chi connectivity index (χ0) is 9.19. The van der Waals surface area contributed by atoms with Crippen LogP contribution in [0.4, 0.5) is 0 Å². The van der Waals surface area contributed by atoms with E-state index in [1.807, 2.05) is 0 Å². The Labute approximate surface area is 81.4 Å². The third kappa shape index (κ3) is 6.15. The van der Waals surface area contributed by atoms with Crippen LogP contribution in [0.1, 0.15) is 25.7 Å². The Bertz CT molecular complexity index is 216. The largest absolute Gasteiger partial charge is 0.0879 e. The lowest BCUT2D eigenvalue weighted by Gasteiger charge is -1.88. The third-order valence-electron chi connectivity index (χ3n) is 1.89. The van der Waals surface area contributed by atoms with Crippen molar-refractivity contribution >= 4 is 0 Å². The number of rotatable bonds is 0. The Morgan fingerprint density at radius 1 is 0.615 bits per heavy atom. The minimum Gasteiger partial charge on any atom is -0.0879 e. The van der Waals surface area contributed by atoms with Crippen LogP contribution in [-0.2, 0) is 0 Å². The molecule has 0 heterocycles. The fraction of sp³-hybridized carbons (Fsp3) is 0.308. The van der Waals surface area contributed by atoms with Gasteiger partial charge in [0.1, 0.15) is 0 Å². The lowest BCUT2D eigenvalue weighted by Crippen LogP contribution is -1.68. The molecule has 0 saturated carbocycles. The van der Waals surface area contributed by atoms with Crippen LogP contribution in [0.15, 0.2) is 48.6 Å². The summed E-state index contributed by atoms with van der Waals surface area (Å²) in [5.74, 6) is 0. The molecule has 0 atom stereocenters. The van der Waals surface area contributed by atoms with Crippen LogP contribution >= 0.6 is 0 Å².